The fourth-order valence-corrected chi connectivity index (χ4v) is 1.47. The summed E-state index contributed by atoms with van der Waals surface area (Å²) in [6.07, 6.45) is 3.45. The van der Waals surface area contributed by atoms with Gasteiger partial charge in [-0.3, -0.25) is 0 Å². The minimum Gasteiger partial charge on any atom is -0.235 e. The number of halogens is 1. The number of aromatic nitrogens is 4. The van der Waals surface area contributed by atoms with E-state index in [0.717, 1.165) is 16.1 Å². The Morgan fingerprint density at radius 1 is 1.21 bits per heavy atom. The number of rotatable bonds is 0. The first kappa shape index (κ1) is 9.58. The van der Waals surface area contributed by atoms with Crippen LogP contribution in [0, 0.1) is 0 Å². The Bertz CT molecular complexity index is 469. The summed E-state index contributed by atoms with van der Waals surface area (Å²) in [4.78, 5) is 8.41. The van der Waals surface area contributed by atoms with Crippen molar-refractivity contribution in [2.45, 2.75) is 26.2 Å². The molecule has 74 valence electrons. The third-order valence-corrected chi connectivity index (χ3v) is 2.43. The predicted molar refractivity (Wildman–Crippen MR) is 57.2 cm³/mol. The SMILES string of the molecule is CC(C)(C)c1ncc2ncc(Br)n2n1. The van der Waals surface area contributed by atoms with Crippen LogP contribution in [-0.4, -0.2) is 19.6 Å². The highest BCUT2D eigenvalue weighted by atomic mass is 79.9. The van der Waals surface area contributed by atoms with Gasteiger partial charge >= 0.3 is 0 Å². The van der Waals surface area contributed by atoms with Crippen LogP contribution in [0.2, 0.25) is 0 Å². The molecule has 0 aliphatic heterocycles. The maximum atomic E-state index is 4.40. The molecule has 5 heteroatoms. The van der Waals surface area contributed by atoms with E-state index in [1.165, 1.54) is 0 Å². The van der Waals surface area contributed by atoms with Gasteiger partial charge in [0, 0.05) is 5.41 Å². The highest BCUT2D eigenvalue weighted by molar-refractivity contribution is 9.10. The zero-order valence-corrected chi connectivity index (χ0v) is 9.91. The van der Waals surface area contributed by atoms with Crippen molar-refractivity contribution in [1.29, 1.82) is 0 Å². The Labute approximate surface area is 90.5 Å². The summed E-state index contributed by atoms with van der Waals surface area (Å²) in [7, 11) is 0. The molecule has 2 aromatic heterocycles. The number of fused-ring (bicyclic) bond motifs is 1. The van der Waals surface area contributed by atoms with Crippen LogP contribution in [0.1, 0.15) is 26.6 Å². The average Bonchev–Trinajstić information content (AvgIpc) is 2.46. The van der Waals surface area contributed by atoms with E-state index in [1.54, 1.807) is 16.9 Å². The summed E-state index contributed by atoms with van der Waals surface area (Å²) in [6, 6.07) is 0. The van der Waals surface area contributed by atoms with Crippen LogP contribution in [0.4, 0.5) is 0 Å². The van der Waals surface area contributed by atoms with E-state index >= 15 is 0 Å². The molecule has 0 radical (unpaired) electrons. The lowest BCUT2D eigenvalue weighted by Gasteiger charge is -2.15. The molecule has 0 amide bonds. The Balaban J connectivity index is 2.66. The van der Waals surface area contributed by atoms with E-state index in [-0.39, 0.29) is 5.41 Å². The highest BCUT2D eigenvalue weighted by Gasteiger charge is 2.18. The van der Waals surface area contributed by atoms with Crippen molar-refractivity contribution >= 4 is 21.6 Å². The van der Waals surface area contributed by atoms with E-state index in [4.69, 9.17) is 0 Å². The molecule has 0 bridgehead atoms. The first-order valence-electron chi connectivity index (χ1n) is 4.35. The molecule has 0 fully saturated rings. The quantitative estimate of drug-likeness (QED) is 0.724. The average molecular weight is 255 g/mol. The van der Waals surface area contributed by atoms with Gasteiger partial charge in [-0.05, 0) is 15.9 Å². The van der Waals surface area contributed by atoms with Crippen LogP contribution in [0.3, 0.4) is 0 Å². The van der Waals surface area contributed by atoms with Crippen molar-refractivity contribution in [3.63, 3.8) is 0 Å². The zero-order valence-electron chi connectivity index (χ0n) is 8.32. The maximum Gasteiger partial charge on any atom is 0.173 e. The number of nitrogens with zero attached hydrogens (tertiary/aromatic N) is 4. The van der Waals surface area contributed by atoms with Gasteiger partial charge in [-0.15, -0.1) is 5.10 Å². The van der Waals surface area contributed by atoms with Gasteiger partial charge < -0.3 is 0 Å². The van der Waals surface area contributed by atoms with Gasteiger partial charge in [-0.2, -0.15) is 0 Å². The summed E-state index contributed by atoms with van der Waals surface area (Å²) < 4.78 is 2.59. The van der Waals surface area contributed by atoms with Gasteiger partial charge in [-0.1, -0.05) is 20.8 Å². The van der Waals surface area contributed by atoms with Crippen molar-refractivity contribution < 1.29 is 0 Å². The standard InChI is InChI=1S/C9H11BrN4/c1-9(2,3)8-12-5-7-11-4-6(10)14(7)13-8/h4-5H,1-3H3. The number of hydrogen-bond donors (Lipinski definition) is 0. The summed E-state index contributed by atoms with van der Waals surface area (Å²) in [5, 5.41) is 4.40. The van der Waals surface area contributed by atoms with Gasteiger partial charge in [0.1, 0.15) is 4.60 Å². The fourth-order valence-electron chi connectivity index (χ4n) is 1.11. The van der Waals surface area contributed by atoms with E-state index < -0.39 is 0 Å². The summed E-state index contributed by atoms with van der Waals surface area (Å²) in [6.45, 7) is 6.25. The maximum absolute atomic E-state index is 4.40. The molecule has 0 N–H and O–H groups in total. The van der Waals surface area contributed by atoms with Crippen LogP contribution < -0.4 is 0 Å². The third-order valence-electron chi connectivity index (χ3n) is 1.89. The molecule has 4 nitrogen and oxygen atoms in total. The highest BCUT2D eigenvalue weighted by Crippen LogP contribution is 2.18. The second-order valence-corrected chi connectivity index (χ2v) is 5.00. The smallest absolute Gasteiger partial charge is 0.173 e. The Hall–Kier alpha value is -0.970. The lowest BCUT2D eigenvalue weighted by molar-refractivity contribution is 0.528. The molecule has 0 aliphatic carbocycles. The molecule has 0 spiro atoms. The second kappa shape index (κ2) is 3.02. The van der Waals surface area contributed by atoms with Crippen LogP contribution in [0.5, 0.6) is 0 Å². The monoisotopic (exact) mass is 254 g/mol. The zero-order chi connectivity index (χ0) is 10.3. The molecule has 0 aromatic carbocycles. The summed E-state index contributed by atoms with van der Waals surface area (Å²) >= 11 is 3.38. The van der Waals surface area contributed by atoms with Crippen molar-refractivity contribution in [2.75, 3.05) is 0 Å². The van der Waals surface area contributed by atoms with Gasteiger partial charge in [0.2, 0.25) is 0 Å². The predicted octanol–water partition coefficient (Wildman–Crippen LogP) is 2.18. The first-order chi connectivity index (χ1) is 6.48. The molecule has 0 saturated carbocycles. The molecule has 14 heavy (non-hydrogen) atoms. The first-order valence-corrected chi connectivity index (χ1v) is 5.14. The van der Waals surface area contributed by atoms with Crippen LogP contribution in [0.15, 0.2) is 17.0 Å². The Morgan fingerprint density at radius 3 is 2.57 bits per heavy atom. The van der Waals surface area contributed by atoms with Crippen molar-refractivity contribution in [2.24, 2.45) is 0 Å². The Kier molecular flexibility index (Phi) is 2.06. The van der Waals surface area contributed by atoms with Crippen molar-refractivity contribution in [3.8, 4) is 0 Å². The van der Waals surface area contributed by atoms with Gasteiger partial charge in [-0.25, -0.2) is 14.5 Å². The molecular formula is C9H11BrN4. The van der Waals surface area contributed by atoms with E-state index in [9.17, 15) is 0 Å². The minimum atomic E-state index is -0.0438. The van der Waals surface area contributed by atoms with Crippen LogP contribution >= 0.6 is 15.9 Å². The minimum absolute atomic E-state index is 0.0438. The normalized spacial score (nSPS) is 12.3. The largest absolute Gasteiger partial charge is 0.235 e. The molecule has 0 unspecified atom stereocenters. The molecule has 2 aromatic rings. The molecule has 2 heterocycles. The molecular weight excluding hydrogens is 244 g/mol. The number of imidazole rings is 1. The lowest BCUT2D eigenvalue weighted by atomic mass is 9.96. The molecule has 0 atom stereocenters. The topological polar surface area (TPSA) is 43.1 Å². The number of hydrogen-bond acceptors (Lipinski definition) is 3. The van der Waals surface area contributed by atoms with Crippen molar-refractivity contribution in [1.82, 2.24) is 19.6 Å². The summed E-state index contributed by atoms with van der Waals surface area (Å²) in [5.41, 5.74) is 0.711. The summed E-state index contributed by atoms with van der Waals surface area (Å²) in [5.74, 6) is 0.809. The molecule has 0 aliphatic rings. The van der Waals surface area contributed by atoms with Crippen molar-refractivity contribution in [3.05, 3.63) is 22.8 Å². The van der Waals surface area contributed by atoms with Gasteiger partial charge in [0.15, 0.2) is 11.5 Å². The van der Waals surface area contributed by atoms with E-state index in [0.29, 0.717) is 0 Å². The Morgan fingerprint density at radius 2 is 1.93 bits per heavy atom. The van der Waals surface area contributed by atoms with Gasteiger partial charge in [0.25, 0.3) is 0 Å². The molecule has 2 rings (SSSR count). The van der Waals surface area contributed by atoms with E-state index in [2.05, 4.69) is 51.8 Å². The fraction of sp³-hybridized carbons (Fsp3) is 0.444. The van der Waals surface area contributed by atoms with Gasteiger partial charge in [0.05, 0.1) is 12.4 Å². The van der Waals surface area contributed by atoms with Crippen LogP contribution in [0.25, 0.3) is 5.65 Å². The second-order valence-electron chi connectivity index (χ2n) is 4.18. The lowest BCUT2D eigenvalue weighted by Crippen LogP contribution is -2.17. The molecule has 0 saturated heterocycles. The van der Waals surface area contributed by atoms with E-state index in [1.807, 2.05) is 0 Å². The third kappa shape index (κ3) is 1.52. The van der Waals surface area contributed by atoms with Crippen LogP contribution in [-0.2, 0) is 5.41 Å².